The van der Waals surface area contributed by atoms with Crippen LogP contribution in [0.3, 0.4) is 0 Å². The summed E-state index contributed by atoms with van der Waals surface area (Å²) < 4.78 is 5.02. The van der Waals surface area contributed by atoms with Gasteiger partial charge in [0, 0.05) is 11.1 Å². The van der Waals surface area contributed by atoms with Crippen molar-refractivity contribution in [2.75, 3.05) is 7.11 Å². The second-order valence-electron chi connectivity index (χ2n) is 2.58. The molecular weight excluding hydrogens is 166 g/mol. The number of aldehydes is 1. The summed E-state index contributed by atoms with van der Waals surface area (Å²) in [5, 5.41) is 8.69. The van der Waals surface area contributed by atoms with Gasteiger partial charge in [-0.25, -0.2) is 0 Å². The van der Waals surface area contributed by atoms with Crippen LogP contribution in [-0.4, -0.2) is 13.4 Å². The highest BCUT2D eigenvalue weighted by molar-refractivity contribution is 5.82. The molecule has 0 aromatic heterocycles. The lowest BCUT2D eigenvalue weighted by atomic mass is 10.0. The van der Waals surface area contributed by atoms with E-state index in [0.717, 1.165) is 0 Å². The van der Waals surface area contributed by atoms with Crippen LogP contribution in [0.5, 0.6) is 5.75 Å². The fourth-order valence-electron chi connectivity index (χ4n) is 1.18. The predicted octanol–water partition coefficient (Wildman–Crippen LogP) is 1.69. The SMILES string of the molecule is COc1ccc(C#N)c(C=O)c1C. The van der Waals surface area contributed by atoms with Gasteiger partial charge >= 0.3 is 0 Å². The summed E-state index contributed by atoms with van der Waals surface area (Å²) in [6.45, 7) is 1.75. The number of methoxy groups -OCH3 is 1. The van der Waals surface area contributed by atoms with Gasteiger partial charge in [0.1, 0.15) is 5.75 Å². The van der Waals surface area contributed by atoms with Gasteiger partial charge in [-0.2, -0.15) is 5.26 Å². The van der Waals surface area contributed by atoms with E-state index in [1.165, 1.54) is 7.11 Å². The number of carbonyl (C=O) groups is 1. The molecule has 0 saturated carbocycles. The van der Waals surface area contributed by atoms with E-state index in [2.05, 4.69) is 0 Å². The maximum absolute atomic E-state index is 10.7. The van der Waals surface area contributed by atoms with Crippen molar-refractivity contribution >= 4 is 6.29 Å². The van der Waals surface area contributed by atoms with E-state index in [1.54, 1.807) is 19.1 Å². The molecule has 0 atom stereocenters. The second kappa shape index (κ2) is 3.72. The van der Waals surface area contributed by atoms with Crippen molar-refractivity contribution in [3.8, 4) is 11.8 Å². The Hall–Kier alpha value is -1.82. The fraction of sp³-hybridized carbons (Fsp3) is 0.200. The summed E-state index contributed by atoms with van der Waals surface area (Å²) in [7, 11) is 1.53. The predicted molar refractivity (Wildman–Crippen MR) is 47.8 cm³/mol. The van der Waals surface area contributed by atoms with Gasteiger partial charge in [0.15, 0.2) is 6.29 Å². The molecule has 0 bridgehead atoms. The van der Waals surface area contributed by atoms with Crippen LogP contribution >= 0.6 is 0 Å². The van der Waals surface area contributed by atoms with Gasteiger partial charge in [0.25, 0.3) is 0 Å². The minimum absolute atomic E-state index is 0.383. The third kappa shape index (κ3) is 1.52. The Morgan fingerprint density at radius 3 is 2.69 bits per heavy atom. The zero-order valence-corrected chi connectivity index (χ0v) is 7.50. The van der Waals surface area contributed by atoms with E-state index in [4.69, 9.17) is 10.00 Å². The highest BCUT2D eigenvalue weighted by Crippen LogP contribution is 2.22. The molecule has 66 valence electrons. The van der Waals surface area contributed by atoms with Gasteiger partial charge in [-0.1, -0.05) is 0 Å². The first kappa shape index (κ1) is 9.27. The van der Waals surface area contributed by atoms with Crippen molar-refractivity contribution in [2.45, 2.75) is 6.92 Å². The number of rotatable bonds is 2. The van der Waals surface area contributed by atoms with Crippen molar-refractivity contribution < 1.29 is 9.53 Å². The van der Waals surface area contributed by atoms with Gasteiger partial charge in [-0.15, -0.1) is 0 Å². The van der Waals surface area contributed by atoms with Gasteiger partial charge < -0.3 is 4.74 Å². The Morgan fingerprint density at radius 1 is 1.54 bits per heavy atom. The molecule has 0 spiro atoms. The Balaban J connectivity index is 3.42. The van der Waals surface area contributed by atoms with E-state index >= 15 is 0 Å². The van der Waals surface area contributed by atoms with Crippen molar-refractivity contribution in [2.24, 2.45) is 0 Å². The fourth-order valence-corrected chi connectivity index (χ4v) is 1.18. The van der Waals surface area contributed by atoms with Crippen molar-refractivity contribution in [1.82, 2.24) is 0 Å². The van der Waals surface area contributed by atoms with Gasteiger partial charge in [0.05, 0.1) is 18.7 Å². The van der Waals surface area contributed by atoms with Gasteiger partial charge in [-0.05, 0) is 19.1 Å². The molecule has 0 heterocycles. The average molecular weight is 175 g/mol. The number of ether oxygens (including phenoxy) is 1. The molecule has 0 aliphatic carbocycles. The minimum Gasteiger partial charge on any atom is -0.496 e. The molecule has 0 aliphatic rings. The molecule has 0 N–H and O–H groups in total. The number of hydrogen-bond donors (Lipinski definition) is 0. The smallest absolute Gasteiger partial charge is 0.151 e. The third-order valence-corrected chi connectivity index (χ3v) is 1.92. The van der Waals surface area contributed by atoms with Crippen LogP contribution in [0.25, 0.3) is 0 Å². The first-order valence-electron chi connectivity index (χ1n) is 3.77. The molecule has 3 nitrogen and oxygen atoms in total. The molecule has 0 amide bonds. The Morgan fingerprint density at radius 2 is 2.23 bits per heavy atom. The summed E-state index contributed by atoms with van der Waals surface area (Å²) >= 11 is 0. The van der Waals surface area contributed by atoms with Gasteiger partial charge in [0.2, 0.25) is 0 Å². The first-order valence-corrected chi connectivity index (χ1v) is 3.77. The molecule has 0 radical (unpaired) electrons. The highest BCUT2D eigenvalue weighted by Gasteiger charge is 2.08. The summed E-state index contributed by atoms with van der Waals surface area (Å²) in [6.07, 6.45) is 0.677. The van der Waals surface area contributed by atoms with Crippen molar-refractivity contribution in [3.05, 3.63) is 28.8 Å². The van der Waals surface area contributed by atoms with Crippen LogP contribution in [0, 0.1) is 18.3 Å². The highest BCUT2D eigenvalue weighted by atomic mass is 16.5. The normalized spacial score (nSPS) is 9.00. The summed E-state index contributed by atoms with van der Waals surface area (Å²) in [5.41, 5.74) is 1.49. The summed E-state index contributed by atoms with van der Waals surface area (Å²) in [6, 6.07) is 5.21. The number of hydrogen-bond acceptors (Lipinski definition) is 3. The molecular formula is C10H9NO2. The lowest BCUT2D eigenvalue weighted by Gasteiger charge is -2.06. The molecule has 0 saturated heterocycles. The van der Waals surface area contributed by atoms with Gasteiger partial charge in [-0.3, -0.25) is 4.79 Å². The molecule has 0 aliphatic heterocycles. The first-order chi connectivity index (χ1) is 6.24. The molecule has 1 aromatic carbocycles. The van der Waals surface area contributed by atoms with Crippen LogP contribution in [-0.2, 0) is 0 Å². The standard InChI is InChI=1S/C10H9NO2/c1-7-9(6-12)8(5-11)3-4-10(7)13-2/h3-4,6H,1-2H3. The van der Waals surface area contributed by atoms with Crippen LogP contribution in [0.15, 0.2) is 12.1 Å². The Kier molecular flexibility index (Phi) is 2.65. The average Bonchev–Trinajstić information content (AvgIpc) is 2.17. The molecule has 1 aromatic rings. The zero-order valence-electron chi connectivity index (χ0n) is 7.50. The lowest BCUT2D eigenvalue weighted by Crippen LogP contribution is -1.95. The van der Waals surface area contributed by atoms with E-state index in [9.17, 15) is 4.79 Å². The van der Waals surface area contributed by atoms with Crippen molar-refractivity contribution in [3.63, 3.8) is 0 Å². The third-order valence-electron chi connectivity index (χ3n) is 1.92. The topological polar surface area (TPSA) is 50.1 Å². The quantitative estimate of drug-likeness (QED) is 0.642. The van der Waals surface area contributed by atoms with Crippen LogP contribution < -0.4 is 4.74 Å². The molecule has 0 fully saturated rings. The van der Waals surface area contributed by atoms with E-state index in [-0.39, 0.29) is 0 Å². The van der Waals surface area contributed by atoms with E-state index in [0.29, 0.717) is 28.7 Å². The molecule has 3 heteroatoms. The Bertz CT molecular complexity index is 377. The maximum atomic E-state index is 10.7. The van der Waals surface area contributed by atoms with E-state index in [1.807, 2.05) is 6.07 Å². The summed E-state index contributed by atoms with van der Waals surface area (Å²) in [4.78, 5) is 10.7. The molecule has 13 heavy (non-hydrogen) atoms. The van der Waals surface area contributed by atoms with Crippen molar-refractivity contribution in [1.29, 1.82) is 5.26 Å². The minimum atomic E-state index is 0.383. The van der Waals surface area contributed by atoms with Crippen LogP contribution in [0.2, 0.25) is 0 Å². The monoisotopic (exact) mass is 175 g/mol. The molecule has 1 rings (SSSR count). The van der Waals surface area contributed by atoms with Crippen LogP contribution in [0.1, 0.15) is 21.5 Å². The largest absolute Gasteiger partial charge is 0.496 e. The number of nitrogens with zero attached hydrogens (tertiary/aromatic N) is 1. The lowest BCUT2D eigenvalue weighted by molar-refractivity contribution is 0.112. The maximum Gasteiger partial charge on any atom is 0.151 e. The number of carbonyl (C=O) groups excluding carboxylic acids is 1. The number of nitriles is 1. The number of benzene rings is 1. The second-order valence-corrected chi connectivity index (χ2v) is 2.58. The summed E-state index contributed by atoms with van der Waals surface area (Å²) in [5.74, 6) is 0.626. The zero-order chi connectivity index (χ0) is 9.84. The van der Waals surface area contributed by atoms with Crippen LogP contribution in [0.4, 0.5) is 0 Å². The van der Waals surface area contributed by atoms with E-state index < -0.39 is 0 Å². The Labute approximate surface area is 76.6 Å². The molecule has 0 unspecified atom stereocenters.